The van der Waals surface area contributed by atoms with Gasteiger partial charge < -0.3 is 19.7 Å². The summed E-state index contributed by atoms with van der Waals surface area (Å²) in [7, 11) is 0. The topological polar surface area (TPSA) is 67.9 Å². The number of carbonyl (C=O) groups excluding carboxylic acids is 2. The lowest BCUT2D eigenvalue weighted by Gasteiger charge is -2.27. The van der Waals surface area contributed by atoms with Crippen LogP contribution < -0.4 is 19.7 Å². The zero-order valence-corrected chi connectivity index (χ0v) is 18.7. The Kier molecular flexibility index (Phi) is 6.18. The number of carbonyl (C=O) groups is 2. The van der Waals surface area contributed by atoms with E-state index in [-0.39, 0.29) is 18.4 Å². The summed E-state index contributed by atoms with van der Waals surface area (Å²) in [6, 6.07) is 21.6. The molecule has 0 aromatic heterocycles. The SMILES string of the molecule is C=CCN1C(=O)C(C)(C)COc2ccc(NC(=O)c3ccc(Oc4ccccc4)cc3)cc21. The fourth-order valence-corrected chi connectivity index (χ4v) is 3.54. The molecule has 3 aromatic carbocycles. The van der Waals surface area contributed by atoms with Gasteiger partial charge in [-0.05, 0) is 68.4 Å². The summed E-state index contributed by atoms with van der Waals surface area (Å²) in [4.78, 5) is 27.5. The summed E-state index contributed by atoms with van der Waals surface area (Å²) in [5.74, 6) is 1.64. The molecule has 6 heteroatoms. The molecule has 33 heavy (non-hydrogen) atoms. The first kappa shape index (κ1) is 22.1. The van der Waals surface area contributed by atoms with Gasteiger partial charge in [0, 0.05) is 17.8 Å². The van der Waals surface area contributed by atoms with E-state index in [1.807, 2.05) is 44.2 Å². The van der Waals surface area contributed by atoms with Gasteiger partial charge in [-0.1, -0.05) is 24.3 Å². The van der Waals surface area contributed by atoms with E-state index in [0.717, 1.165) is 5.75 Å². The summed E-state index contributed by atoms with van der Waals surface area (Å²) >= 11 is 0. The maximum atomic E-state index is 13.0. The van der Waals surface area contributed by atoms with Crippen molar-refractivity contribution in [2.45, 2.75) is 13.8 Å². The van der Waals surface area contributed by atoms with Crippen LogP contribution in [0.25, 0.3) is 0 Å². The van der Waals surface area contributed by atoms with Crippen LogP contribution in [0.5, 0.6) is 17.2 Å². The third kappa shape index (κ3) is 4.90. The van der Waals surface area contributed by atoms with E-state index in [1.165, 1.54) is 0 Å². The fourth-order valence-electron chi connectivity index (χ4n) is 3.54. The molecule has 4 rings (SSSR count). The van der Waals surface area contributed by atoms with Crippen molar-refractivity contribution >= 4 is 23.2 Å². The summed E-state index contributed by atoms with van der Waals surface area (Å²) in [6.07, 6.45) is 1.67. The summed E-state index contributed by atoms with van der Waals surface area (Å²) < 4.78 is 11.7. The Morgan fingerprint density at radius 3 is 2.48 bits per heavy atom. The van der Waals surface area contributed by atoms with Gasteiger partial charge in [0.25, 0.3) is 5.91 Å². The highest BCUT2D eigenvalue weighted by atomic mass is 16.5. The minimum absolute atomic E-state index is 0.0568. The first-order chi connectivity index (χ1) is 15.9. The van der Waals surface area contributed by atoms with Crippen LogP contribution >= 0.6 is 0 Å². The van der Waals surface area contributed by atoms with Crippen molar-refractivity contribution in [1.29, 1.82) is 0 Å². The Bertz CT molecular complexity index is 1170. The molecule has 0 bridgehead atoms. The van der Waals surface area contributed by atoms with Gasteiger partial charge in [0.1, 0.15) is 23.9 Å². The van der Waals surface area contributed by atoms with E-state index < -0.39 is 5.41 Å². The normalized spacial score (nSPS) is 14.5. The second-order valence-electron chi connectivity index (χ2n) is 8.45. The number of para-hydroxylation sites is 1. The predicted molar refractivity (Wildman–Crippen MR) is 129 cm³/mol. The molecule has 0 atom stereocenters. The maximum absolute atomic E-state index is 13.0. The van der Waals surface area contributed by atoms with Crippen LogP contribution in [0.1, 0.15) is 24.2 Å². The van der Waals surface area contributed by atoms with E-state index >= 15 is 0 Å². The van der Waals surface area contributed by atoms with Gasteiger partial charge in [0.2, 0.25) is 5.91 Å². The van der Waals surface area contributed by atoms with E-state index in [4.69, 9.17) is 9.47 Å². The molecule has 0 spiro atoms. The molecule has 0 saturated heterocycles. The number of rotatable bonds is 6. The molecule has 6 nitrogen and oxygen atoms in total. The summed E-state index contributed by atoms with van der Waals surface area (Å²) in [5, 5.41) is 2.90. The first-order valence-electron chi connectivity index (χ1n) is 10.7. The third-order valence-corrected chi connectivity index (χ3v) is 5.33. The molecular weight excluding hydrogens is 416 g/mol. The van der Waals surface area contributed by atoms with Crippen LogP contribution in [0.4, 0.5) is 11.4 Å². The zero-order valence-electron chi connectivity index (χ0n) is 18.7. The monoisotopic (exact) mass is 442 g/mol. The Balaban J connectivity index is 1.52. The Labute approximate surface area is 193 Å². The molecule has 2 amide bonds. The largest absolute Gasteiger partial charge is 0.490 e. The number of anilines is 2. The molecule has 168 valence electrons. The molecule has 1 aliphatic heterocycles. The number of fused-ring (bicyclic) bond motifs is 1. The van der Waals surface area contributed by atoms with Gasteiger partial charge in [0.05, 0.1) is 11.1 Å². The average molecular weight is 443 g/mol. The molecular formula is C27H26N2O4. The molecule has 0 fully saturated rings. The lowest BCUT2D eigenvalue weighted by atomic mass is 9.93. The minimum Gasteiger partial charge on any atom is -0.490 e. The zero-order chi connectivity index (χ0) is 23.4. The van der Waals surface area contributed by atoms with Crippen molar-refractivity contribution in [3.63, 3.8) is 0 Å². The number of hydrogen-bond acceptors (Lipinski definition) is 4. The van der Waals surface area contributed by atoms with E-state index in [2.05, 4.69) is 11.9 Å². The Hall–Kier alpha value is -4.06. The number of amides is 2. The molecule has 1 N–H and O–H groups in total. The Morgan fingerprint density at radius 1 is 1.09 bits per heavy atom. The number of benzene rings is 3. The van der Waals surface area contributed by atoms with Crippen molar-refractivity contribution < 1.29 is 19.1 Å². The van der Waals surface area contributed by atoms with Crippen LogP contribution in [0.3, 0.4) is 0 Å². The highest BCUT2D eigenvalue weighted by Gasteiger charge is 2.37. The van der Waals surface area contributed by atoms with E-state index in [0.29, 0.717) is 35.0 Å². The number of ether oxygens (including phenoxy) is 2. The highest BCUT2D eigenvalue weighted by molar-refractivity contribution is 6.05. The van der Waals surface area contributed by atoms with Gasteiger partial charge in [-0.2, -0.15) is 0 Å². The number of nitrogens with one attached hydrogen (secondary N) is 1. The second-order valence-corrected chi connectivity index (χ2v) is 8.45. The van der Waals surface area contributed by atoms with Crippen molar-refractivity contribution in [2.75, 3.05) is 23.4 Å². The number of hydrogen-bond donors (Lipinski definition) is 1. The summed E-state index contributed by atoms with van der Waals surface area (Å²) in [6.45, 7) is 8.09. The standard InChI is InChI=1S/C27H26N2O4/c1-4-16-29-23-17-20(12-15-24(23)32-18-27(2,3)26(29)31)28-25(30)19-10-13-22(14-11-19)33-21-8-6-5-7-9-21/h4-15,17H,1,16,18H2,2-3H3,(H,28,30). The molecule has 1 heterocycles. The van der Waals surface area contributed by atoms with Crippen LogP contribution in [-0.4, -0.2) is 25.0 Å². The first-order valence-corrected chi connectivity index (χ1v) is 10.7. The molecule has 0 aliphatic carbocycles. The van der Waals surface area contributed by atoms with Crippen molar-refractivity contribution in [3.8, 4) is 17.2 Å². The minimum atomic E-state index is -0.672. The van der Waals surface area contributed by atoms with Gasteiger partial charge in [-0.3, -0.25) is 9.59 Å². The van der Waals surface area contributed by atoms with Crippen molar-refractivity contribution in [1.82, 2.24) is 0 Å². The molecule has 0 saturated carbocycles. The lowest BCUT2D eigenvalue weighted by Crippen LogP contribution is -2.42. The van der Waals surface area contributed by atoms with Gasteiger partial charge in [0.15, 0.2) is 0 Å². The Morgan fingerprint density at radius 2 is 1.79 bits per heavy atom. The highest BCUT2D eigenvalue weighted by Crippen LogP contribution is 2.38. The van der Waals surface area contributed by atoms with Crippen molar-refractivity contribution in [2.24, 2.45) is 5.41 Å². The van der Waals surface area contributed by atoms with Crippen LogP contribution in [0.2, 0.25) is 0 Å². The van der Waals surface area contributed by atoms with Gasteiger partial charge in [-0.15, -0.1) is 6.58 Å². The quantitative estimate of drug-likeness (QED) is 0.500. The van der Waals surface area contributed by atoms with E-state index in [1.54, 1.807) is 53.4 Å². The van der Waals surface area contributed by atoms with E-state index in [9.17, 15) is 9.59 Å². The van der Waals surface area contributed by atoms with Gasteiger partial charge in [-0.25, -0.2) is 0 Å². The molecule has 0 unspecified atom stereocenters. The molecule has 1 aliphatic rings. The summed E-state index contributed by atoms with van der Waals surface area (Å²) in [5.41, 5.74) is 0.986. The van der Waals surface area contributed by atoms with Gasteiger partial charge >= 0.3 is 0 Å². The predicted octanol–water partition coefficient (Wildman–Crippen LogP) is 5.67. The lowest BCUT2D eigenvalue weighted by molar-refractivity contribution is -0.127. The molecule has 3 aromatic rings. The number of nitrogens with zero attached hydrogens (tertiary/aromatic N) is 1. The maximum Gasteiger partial charge on any atom is 0.255 e. The third-order valence-electron chi connectivity index (χ3n) is 5.33. The molecule has 0 radical (unpaired) electrons. The van der Waals surface area contributed by atoms with Crippen molar-refractivity contribution in [3.05, 3.63) is 91.0 Å². The van der Waals surface area contributed by atoms with Crippen LogP contribution in [0, 0.1) is 5.41 Å². The van der Waals surface area contributed by atoms with Crippen LogP contribution in [-0.2, 0) is 4.79 Å². The fraction of sp³-hybridized carbons (Fsp3) is 0.185. The average Bonchev–Trinajstić information content (AvgIpc) is 2.90. The second kappa shape index (κ2) is 9.20. The smallest absolute Gasteiger partial charge is 0.255 e. The van der Waals surface area contributed by atoms with Crippen LogP contribution in [0.15, 0.2) is 85.5 Å².